The number of esters is 1. The van der Waals surface area contributed by atoms with Crippen LogP contribution in [-0.2, 0) is 14.8 Å². The van der Waals surface area contributed by atoms with E-state index in [-0.39, 0.29) is 15.5 Å². The van der Waals surface area contributed by atoms with E-state index in [0.717, 1.165) is 24.2 Å². The van der Waals surface area contributed by atoms with E-state index in [1.54, 1.807) is 12.1 Å². The lowest BCUT2D eigenvalue weighted by atomic mass is 10.2. The Bertz CT molecular complexity index is 981. The van der Waals surface area contributed by atoms with Crippen LogP contribution < -0.4 is 0 Å². The number of hydrogen-bond acceptors (Lipinski definition) is 6. The maximum Gasteiger partial charge on any atom is 0.340 e. The van der Waals surface area contributed by atoms with Crippen LogP contribution in [0.5, 0.6) is 0 Å². The highest BCUT2D eigenvalue weighted by Crippen LogP contribution is 2.26. The van der Waals surface area contributed by atoms with Gasteiger partial charge in [-0.2, -0.15) is 4.31 Å². The van der Waals surface area contributed by atoms with Crippen molar-refractivity contribution < 1.29 is 22.7 Å². The number of carbonyl (C=O) groups excluding carboxylic acids is 2. The molecule has 0 radical (unpaired) electrons. The lowest BCUT2D eigenvalue weighted by Crippen LogP contribution is -2.28. The van der Waals surface area contributed by atoms with E-state index in [4.69, 9.17) is 27.9 Å². The van der Waals surface area contributed by atoms with Gasteiger partial charge in [0.1, 0.15) is 0 Å². The third-order valence-electron chi connectivity index (χ3n) is 4.04. The standard InChI is InChI=1S/C17H15Cl2NO5S2/c18-13-4-3-11(27(23,24)20-7-1-2-8-20)9-12(13)17(22)25-10-14(21)15-5-6-16(19)26-15/h3-6,9H,1-2,7-8,10H2. The molecule has 6 nitrogen and oxygen atoms in total. The van der Waals surface area contributed by atoms with Gasteiger partial charge in [0.15, 0.2) is 6.61 Å². The quantitative estimate of drug-likeness (QED) is 0.495. The minimum Gasteiger partial charge on any atom is -0.454 e. The number of thiophene rings is 1. The fourth-order valence-corrected chi connectivity index (χ4v) is 5.35. The summed E-state index contributed by atoms with van der Waals surface area (Å²) < 4.78 is 32.1. The molecule has 1 aromatic heterocycles. The Labute approximate surface area is 170 Å². The van der Waals surface area contributed by atoms with Crippen LogP contribution in [0.4, 0.5) is 0 Å². The van der Waals surface area contributed by atoms with Crippen molar-refractivity contribution in [1.29, 1.82) is 0 Å². The van der Waals surface area contributed by atoms with E-state index in [0.29, 0.717) is 22.3 Å². The van der Waals surface area contributed by atoms with Crippen LogP contribution in [-0.4, -0.2) is 44.2 Å². The van der Waals surface area contributed by atoms with Crippen LogP contribution in [0.1, 0.15) is 32.9 Å². The lowest BCUT2D eigenvalue weighted by molar-refractivity contribution is 0.0475. The summed E-state index contributed by atoms with van der Waals surface area (Å²) in [6.07, 6.45) is 1.60. The molecular weight excluding hydrogens is 433 g/mol. The average Bonchev–Trinajstić information content (AvgIpc) is 3.31. The number of ketones is 1. The molecule has 0 spiro atoms. The Morgan fingerprint density at radius 1 is 1.11 bits per heavy atom. The first kappa shape index (κ1) is 20.3. The van der Waals surface area contributed by atoms with Crippen LogP contribution in [0.25, 0.3) is 0 Å². The minimum atomic E-state index is -3.70. The van der Waals surface area contributed by atoms with Gasteiger partial charge in [-0.25, -0.2) is 13.2 Å². The van der Waals surface area contributed by atoms with E-state index in [2.05, 4.69) is 0 Å². The summed E-state index contributed by atoms with van der Waals surface area (Å²) in [6, 6.07) is 6.99. The molecular formula is C17H15Cl2NO5S2. The number of benzene rings is 1. The first-order valence-corrected chi connectivity index (χ1v) is 11.1. The smallest absolute Gasteiger partial charge is 0.340 e. The number of halogens is 2. The van der Waals surface area contributed by atoms with Gasteiger partial charge in [-0.1, -0.05) is 23.2 Å². The summed E-state index contributed by atoms with van der Waals surface area (Å²) in [5.41, 5.74) is -0.103. The lowest BCUT2D eigenvalue weighted by Gasteiger charge is -2.16. The Kier molecular flexibility index (Phi) is 6.22. The van der Waals surface area contributed by atoms with Crippen molar-refractivity contribution in [2.75, 3.05) is 19.7 Å². The zero-order chi connectivity index (χ0) is 19.6. The van der Waals surface area contributed by atoms with Crippen molar-refractivity contribution >= 4 is 56.3 Å². The first-order valence-electron chi connectivity index (χ1n) is 8.04. The molecule has 0 unspecified atom stereocenters. The number of nitrogens with zero attached hydrogens (tertiary/aromatic N) is 1. The third kappa shape index (κ3) is 4.52. The molecule has 2 aromatic rings. The molecule has 3 rings (SSSR count). The molecule has 1 saturated heterocycles. The number of Topliss-reactive ketones (excluding diaryl/α,β-unsaturated/α-hetero) is 1. The summed E-state index contributed by atoms with van der Waals surface area (Å²) in [6.45, 7) is 0.403. The van der Waals surface area contributed by atoms with Crippen molar-refractivity contribution in [3.63, 3.8) is 0 Å². The van der Waals surface area contributed by atoms with Gasteiger partial charge in [-0.3, -0.25) is 4.79 Å². The third-order valence-corrected chi connectivity index (χ3v) is 7.54. The van der Waals surface area contributed by atoms with Gasteiger partial charge >= 0.3 is 5.97 Å². The van der Waals surface area contributed by atoms with Crippen molar-refractivity contribution in [3.05, 3.63) is 50.1 Å². The van der Waals surface area contributed by atoms with E-state index in [1.165, 1.54) is 22.5 Å². The molecule has 0 bridgehead atoms. The molecule has 1 fully saturated rings. The van der Waals surface area contributed by atoms with Crippen molar-refractivity contribution in [2.24, 2.45) is 0 Å². The molecule has 10 heteroatoms. The van der Waals surface area contributed by atoms with E-state index in [9.17, 15) is 18.0 Å². The van der Waals surface area contributed by atoms with Gasteiger partial charge in [0.2, 0.25) is 15.8 Å². The van der Waals surface area contributed by atoms with Crippen LogP contribution in [0.15, 0.2) is 35.2 Å². The van der Waals surface area contributed by atoms with Gasteiger partial charge in [-0.05, 0) is 43.2 Å². The van der Waals surface area contributed by atoms with Crippen molar-refractivity contribution in [2.45, 2.75) is 17.7 Å². The number of rotatable bonds is 6. The van der Waals surface area contributed by atoms with Gasteiger partial charge in [0.05, 0.1) is 24.7 Å². The Balaban J connectivity index is 1.75. The van der Waals surface area contributed by atoms with Crippen LogP contribution in [0, 0.1) is 0 Å². The fourth-order valence-electron chi connectivity index (χ4n) is 2.64. The summed E-state index contributed by atoms with van der Waals surface area (Å²) in [5.74, 6) is -1.27. The molecule has 144 valence electrons. The van der Waals surface area contributed by atoms with Gasteiger partial charge in [-0.15, -0.1) is 11.3 Å². The molecule has 0 aliphatic carbocycles. The Morgan fingerprint density at radius 3 is 2.44 bits per heavy atom. The molecule has 0 saturated carbocycles. The van der Waals surface area contributed by atoms with Crippen molar-refractivity contribution in [1.82, 2.24) is 4.31 Å². The molecule has 0 atom stereocenters. The van der Waals surface area contributed by atoms with Crippen LogP contribution >= 0.6 is 34.5 Å². The van der Waals surface area contributed by atoms with Gasteiger partial charge < -0.3 is 4.74 Å². The Morgan fingerprint density at radius 2 is 1.81 bits per heavy atom. The number of ether oxygens (including phenoxy) is 1. The summed E-state index contributed by atoms with van der Waals surface area (Å²) in [4.78, 5) is 24.7. The first-order chi connectivity index (χ1) is 12.8. The van der Waals surface area contributed by atoms with E-state index < -0.39 is 28.4 Å². The molecule has 0 amide bonds. The number of sulfonamides is 1. The highest BCUT2D eigenvalue weighted by Gasteiger charge is 2.28. The highest BCUT2D eigenvalue weighted by molar-refractivity contribution is 7.89. The molecule has 1 aliphatic rings. The molecule has 0 N–H and O–H groups in total. The number of carbonyl (C=O) groups is 2. The second-order valence-corrected chi connectivity index (χ2v) is 9.92. The van der Waals surface area contributed by atoms with Gasteiger partial charge in [0.25, 0.3) is 0 Å². The average molecular weight is 448 g/mol. The molecule has 1 aromatic carbocycles. The normalized spacial score (nSPS) is 15.0. The SMILES string of the molecule is O=C(COC(=O)c1cc(S(=O)(=O)N2CCCC2)ccc1Cl)c1ccc(Cl)s1. The fraction of sp³-hybridized carbons (Fsp3) is 0.294. The van der Waals surface area contributed by atoms with Crippen LogP contribution in [0.2, 0.25) is 9.36 Å². The molecule has 27 heavy (non-hydrogen) atoms. The maximum absolute atomic E-state index is 12.6. The van der Waals surface area contributed by atoms with Crippen LogP contribution in [0.3, 0.4) is 0 Å². The minimum absolute atomic E-state index is 0.0304. The number of hydrogen-bond donors (Lipinski definition) is 0. The second kappa shape index (κ2) is 8.28. The largest absolute Gasteiger partial charge is 0.454 e. The predicted octanol–water partition coefficient (Wildman–Crippen LogP) is 3.88. The molecule has 1 aliphatic heterocycles. The van der Waals surface area contributed by atoms with Crippen molar-refractivity contribution in [3.8, 4) is 0 Å². The maximum atomic E-state index is 12.6. The Hall–Kier alpha value is -1.45. The van der Waals surface area contributed by atoms with E-state index >= 15 is 0 Å². The zero-order valence-electron chi connectivity index (χ0n) is 14.0. The second-order valence-electron chi connectivity index (χ2n) is 5.86. The predicted molar refractivity (Wildman–Crippen MR) is 103 cm³/mol. The zero-order valence-corrected chi connectivity index (χ0v) is 17.1. The topological polar surface area (TPSA) is 80.8 Å². The summed E-state index contributed by atoms with van der Waals surface area (Å²) in [5, 5.41) is 0.0481. The summed E-state index contributed by atoms with van der Waals surface area (Å²) >= 11 is 12.9. The highest BCUT2D eigenvalue weighted by atomic mass is 35.5. The van der Waals surface area contributed by atoms with E-state index in [1.807, 2.05) is 0 Å². The summed E-state index contributed by atoms with van der Waals surface area (Å²) in [7, 11) is -3.70. The molecule has 2 heterocycles. The van der Waals surface area contributed by atoms with Gasteiger partial charge in [0, 0.05) is 13.1 Å². The monoisotopic (exact) mass is 447 g/mol.